The van der Waals surface area contributed by atoms with Gasteiger partial charge in [-0.25, -0.2) is 9.18 Å². The van der Waals surface area contributed by atoms with Gasteiger partial charge < -0.3 is 9.64 Å². The van der Waals surface area contributed by atoms with Crippen LogP contribution in [-0.4, -0.2) is 40.2 Å². The minimum absolute atomic E-state index is 0.00968. The first kappa shape index (κ1) is 22.0. The Kier molecular flexibility index (Phi) is 6.28. The summed E-state index contributed by atoms with van der Waals surface area (Å²) >= 11 is 5.86. The number of ether oxygens (including phenoxy) is 1. The summed E-state index contributed by atoms with van der Waals surface area (Å²) in [5, 5.41) is 4.95. The fraction of sp³-hybridized carbons (Fsp3) is 0.292. The summed E-state index contributed by atoms with van der Waals surface area (Å²) in [5.41, 5.74) is 4.71. The van der Waals surface area contributed by atoms with Gasteiger partial charge in [-0.05, 0) is 48.7 Å². The maximum Gasteiger partial charge on any atom is 0.337 e. The van der Waals surface area contributed by atoms with Crippen molar-refractivity contribution in [1.82, 2.24) is 14.7 Å². The molecule has 0 radical (unpaired) electrons. The Morgan fingerprint density at radius 2 is 1.94 bits per heavy atom. The average molecular weight is 456 g/mol. The number of halogens is 2. The van der Waals surface area contributed by atoms with E-state index < -0.39 is 5.97 Å². The predicted molar refractivity (Wildman–Crippen MR) is 118 cm³/mol. The molecule has 0 N–H and O–H groups in total. The fourth-order valence-corrected chi connectivity index (χ4v) is 4.15. The Morgan fingerprint density at radius 3 is 2.62 bits per heavy atom. The molecular weight excluding hydrogens is 433 g/mol. The molecule has 0 unspecified atom stereocenters. The van der Waals surface area contributed by atoms with Crippen molar-refractivity contribution >= 4 is 23.5 Å². The maximum absolute atomic E-state index is 14.3. The monoisotopic (exact) mass is 455 g/mol. The molecule has 2 aromatic carbocycles. The van der Waals surface area contributed by atoms with Crippen LogP contribution in [0.15, 0.2) is 42.5 Å². The van der Waals surface area contributed by atoms with E-state index in [1.54, 1.807) is 46.0 Å². The topological polar surface area (TPSA) is 64.4 Å². The van der Waals surface area contributed by atoms with Gasteiger partial charge in [-0.1, -0.05) is 29.8 Å². The van der Waals surface area contributed by atoms with E-state index >= 15 is 0 Å². The van der Waals surface area contributed by atoms with E-state index in [4.69, 9.17) is 16.3 Å². The van der Waals surface area contributed by atoms with E-state index in [-0.39, 0.29) is 24.7 Å². The quantitative estimate of drug-likeness (QED) is 0.546. The van der Waals surface area contributed by atoms with Crippen molar-refractivity contribution < 1.29 is 18.7 Å². The second-order valence-electron chi connectivity index (χ2n) is 7.83. The smallest absolute Gasteiger partial charge is 0.337 e. The van der Waals surface area contributed by atoms with Crippen molar-refractivity contribution in [2.24, 2.45) is 0 Å². The number of rotatable bonds is 5. The van der Waals surface area contributed by atoms with Crippen molar-refractivity contribution in [3.63, 3.8) is 0 Å². The summed E-state index contributed by atoms with van der Waals surface area (Å²) in [6.45, 7) is 3.24. The first-order valence-electron chi connectivity index (χ1n) is 10.3. The van der Waals surface area contributed by atoms with Crippen molar-refractivity contribution in [2.75, 3.05) is 13.7 Å². The van der Waals surface area contributed by atoms with Gasteiger partial charge in [-0.3, -0.25) is 9.48 Å². The summed E-state index contributed by atoms with van der Waals surface area (Å²) in [6, 6.07) is 11.4. The Bertz CT molecular complexity index is 1170. The number of methoxy groups -OCH3 is 1. The highest BCUT2D eigenvalue weighted by Crippen LogP contribution is 2.25. The molecule has 2 heterocycles. The molecule has 0 saturated heterocycles. The third-order valence-electron chi connectivity index (χ3n) is 5.76. The SMILES string of the molecule is COC(=O)c1ccc(CC(=O)N2CCc3c(C)nn(Cc4ccc(Cl)cc4F)c3C2)cc1. The van der Waals surface area contributed by atoms with E-state index in [1.807, 2.05) is 6.92 Å². The number of amides is 1. The van der Waals surface area contributed by atoms with Crippen molar-refractivity contribution in [3.05, 3.63) is 86.9 Å². The van der Waals surface area contributed by atoms with Crippen LogP contribution in [0.25, 0.3) is 0 Å². The van der Waals surface area contributed by atoms with Crippen LogP contribution in [0, 0.1) is 12.7 Å². The Morgan fingerprint density at radius 1 is 1.19 bits per heavy atom. The van der Waals surface area contributed by atoms with Gasteiger partial charge in [-0.2, -0.15) is 5.10 Å². The molecule has 1 aliphatic rings. The Hall–Kier alpha value is -3.19. The molecule has 0 fully saturated rings. The summed E-state index contributed by atoms with van der Waals surface area (Å²) < 4.78 is 20.8. The highest BCUT2D eigenvalue weighted by molar-refractivity contribution is 6.30. The van der Waals surface area contributed by atoms with Crippen molar-refractivity contribution in [2.45, 2.75) is 32.9 Å². The highest BCUT2D eigenvalue weighted by Gasteiger charge is 2.26. The molecule has 0 saturated carbocycles. The molecule has 166 valence electrons. The minimum atomic E-state index is -0.410. The summed E-state index contributed by atoms with van der Waals surface area (Å²) in [7, 11) is 1.33. The maximum atomic E-state index is 14.3. The minimum Gasteiger partial charge on any atom is -0.465 e. The molecule has 6 nitrogen and oxygen atoms in total. The van der Waals surface area contributed by atoms with E-state index in [2.05, 4.69) is 5.10 Å². The van der Waals surface area contributed by atoms with Crippen LogP contribution < -0.4 is 0 Å². The zero-order valence-electron chi connectivity index (χ0n) is 17.9. The zero-order chi connectivity index (χ0) is 22.8. The lowest BCUT2D eigenvalue weighted by Crippen LogP contribution is -2.37. The molecule has 3 aromatic rings. The highest BCUT2D eigenvalue weighted by atomic mass is 35.5. The van der Waals surface area contributed by atoms with Gasteiger partial charge in [0.05, 0.1) is 43.6 Å². The number of fused-ring (bicyclic) bond motifs is 1. The van der Waals surface area contributed by atoms with Crippen LogP contribution in [0.5, 0.6) is 0 Å². The lowest BCUT2D eigenvalue weighted by molar-refractivity contribution is -0.131. The van der Waals surface area contributed by atoms with Gasteiger partial charge in [0.15, 0.2) is 0 Å². The summed E-state index contributed by atoms with van der Waals surface area (Å²) in [5.74, 6) is -0.796. The summed E-state index contributed by atoms with van der Waals surface area (Å²) in [4.78, 5) is 26.3. The van der Waals surface area contributed by atoms with Gasteiger partial charge in [0, 0.05) is 17.1 Å². The number of aryl methyl sites for hydroxylation is 1. The molecule has 1 aliphatic heterocycles. The van der Waals surface area contributed by atoms with Crippen LogP contribution >= 0.6 is 11.6 Å². The normalized spacial score (nSPS) is 13.1. The van der Waals surface area contributed by atoms with Gasteiger partial charge in [-0.15, -0.1) is 0 Å². The molecule has 1 aromatic heterocycles. The third kappa shape index (κ3) is 4.53. The van der Waals surface area contributed by atoms with Crippen molar-refractivity contribution in [3.8, 4) is 0 Å². The molecular formula is C24H23ClFN3O3. The number of hydrogen-bond acceptors (Lipinski definition) is 4. The number of nitrogens with zero attached hydrogens (tertiary/aromatic N) is 3. The molecule has 1 amide bonds. The zero-order valence-corrected chi connectivity index (χ0v) is 18.7. The largest absolute Gasteiger partial charge is 0.465 e. The van der Waals surface area contributed by atoms with Crippen LogP contribution in [-0.2, 0) is 35.5 Å². The Balaban J connectivity index is 1.49. The standard InChI is InChI=1S/C24H23ClFN3O3/c1-15-20-9-10-28(23(30)11-16-3-5-17(6-4-16)24(31)32-2)14-22(20)29(27-15)13-18-7-8-19(25)12-21(18)26/h3-8,12H,9-11,13-14H2,1-2H3. The number of esters is 1. The van der Waals surface area contributed by atoms with Crippen LogP contribution in [0.1, 0.15) is 38.4 Å². The van der Waals surface area contributed by atoms with Gasteiger partial charge in [0.1, 0.15) is 5.82 Å². The number of aromatic nitrogens is 2. The molecule has 8 heteroatoms. The van der Waals surface area contributed by atoms with E-state index in [9.17, 15) is 14.0 Å². The Labute approximate surface area is 190 Å². The van der Waals surface area contributed by atoms with Gasteiger partial charge in [0.25, 0.3) is 0 Å². The summed E-state index contributed by atoms with van der Waals surface area (Å²) in [6.07, 6.45) is 0.938. The molecule has 0 spiro atoms. The second kappa shape index (κ2) is 9.12. The van der Waals surface area contributed by atoms with E-state index in [1.165, 1.54) is 13.2 Å². The predicted octanol–water partition coefficient (Wildman–Crippen LogP) is 3.95. The second-order valence-corrected chi connectivity index (χ2v) is 8.27. The first-order chi connectivity index (χ1) is 15.4. The number of benzene rings is 2. The fourth-order valence-electron chi connectivity index (χ4n) is 3.99. The lowest BCUT2D eigenvalue weighted by atomic mass is 10.0. The number of carbonyl (C=O) groups is 2. The molecule has 32 heavy (non-hydrogen) atoms. The van der Waals surface area contributed by atoms with Crippen LogP contribution in [0.3, 0.4) is 0 Å². The number of hydrogen-bond donors (Lipinski definition) is 0. The van der Waals surface area contributed by atoms with E-state index in [0.717, 1.165) is 22.5 Å². The molecule has 4 rings (SSSR count). The van der Waals surface area contributed by atoms with Crippen LogP contribution in [0.2, 0.25) is 5.02 Å². The molecule has 0 atom stereocenters. The average Bonchev–Trinajstić information content (AvgIpc) is 3.10. The van der Waals surface area contributed by atoms with Crippen molar-refractivity contribution in [1.29, 1.82) is 0 Å². The molecule has 0 bridgehead atoms. The van der Waals surface area contributed by atoms with Gasteiger partial charge in [0.2, 0.25) is 5.91 Å². The van der Waals surface area contributed by atoms with E-state index in [0.29, 0.717) is 35.7 Å². The van der Waals surface area contributed by atoms with Gasteiger partial charge >= 0.3 is 5.97 Å². The number of carbonyl (C=O) groups excluding carboxylic acids is 2. The third-order valence-corrected chi connectivity index (χ3v) is 5.99. The van der Waals surface area contributed by atoms with Crippen LogP contribution in [0.4, 0.5) is 4.39 Å². The lowest BCUT2D eigenvalue weighted by Gasteiger charge is -2.28. The molecule has 0 aliphatic carbocycles. The first-order valence-corrected chi connectivity index (χ1v) is 10.7.